The molecule has 0 atom stereocenters. The van der Waals surface area contributed by atoms with Crippen LogP contribution in [0.15, 0.2) is 30.3 Å². The van der Waals surface area contributed by atoms with Crippen molar-refractivity contribution in [3.05, 3.63) is 35.9 Å². The minimum absolute atomic E-state index is 1.10. The van der Waals surface area contributed by atoms with E-state index in [0.29, 0.717) is 0 Å². The zero-order valence-electron chi connectivity index (χ0n) is 13.4. The van der Waals surface area contributed by atoms with Gasteiger partial charge in [0.05, 0.1) is 20.6 Å². The van der Waals surface area contributed by atoms with Crippen molar-refractivity contribution in [2.75, 3.05) is 20.6 Å². The Labute approximate surface area is 129 Å². The number of unbranched alkanes of at least 4 members (excludes halogenated alkanes) is 6. The highest BCUT2D eigenvalue weighted by Gasteiger charge is 2.14. The van der Waals surface area contributed by atoms with Gasteiger partial charge in [-0.1, -0.05) is 68.5 Å². The molecule has 0 bridgehead atoms. The van der Waals surface area contributed by atoms with Crippen LogP contribution in [0.4, 0.5) is 0 Å². The van der Waals surface area contributed by atoms with Crippen molar-refractivity contribution in [3.63, 3.8) is 0 Å². The monoisotopic (exact) mass is 289 g/mol. The Morgan fingerprint density at radius 1 is 0.800 bits per heavy atom. The number of rotatable bonds is 11. The average Bonchev–Trinajstić information content (AvgIpc) is 2.42. The molecule has 1 aromatic carbocycles. The van der Waals surface area contributed by atoms with E-state index in [0.717, 1.165) is 17.1 Å². The van der Waals surface area contributed by atoms with E-state index >= 15 is 0 Å². The van der Waals surface area contributed by atoms with Crippen LogP contribution in [0.25, 0.3) is 0 Å². The molecule has 0 spiro atoms. The Bertz CT molecular complexity index is 335. The normalized spacial score (nSPS) is 11.8. The van der Waals surface area contributed by atoms with Gasteiger partial charge < -0.3 is 4.48 Å². The van der Waals surface area contributed by atoms with Gasteiger partial charge in [0.1, 0.15) is 6.54 Å². The van der Waals surface area contributed by atoms with E-state index in [-0.39, 0.29) is 0 Å². The summed E-state index contributed by atoms with van der Waals surface area (Å²) in [5.41, 5.74) is 1.45. The molecule has 0 N–H and O–H groups in total. The predicted molar refractivity (Wildman–Crippen MR) is 90.0 cm³/mol. The Hall–Kier alpha value is -0.603. The Balaban J connectivity index is 2.08. The number of quaternary nitrogens is 1. The Morgan fingerprint density at radius 3 is 1.95 bits per heavy atom. The van der Waals surface area contributed by atoms with Crippen molar-refractivity contribution >= 4 is 10.2 Å². The molecule has 1 rings (SSSR count). The van der Waals surface area contributed by atoms with Crippen molar-refractivity contribution in [3.8, 4) is 0 Å². The molecule has 0 heterocycles. The molecular formula is C18H31NSi+. The van der Waals surface area contributed by atoms with E-state index < -0.39 is 0 Å². The second-order valence-corrected chi connectivity index (χ2v) is 7.03. The van der Waals surface area contributed by atoms with Crippen LogP contribution < -0.4 is 0 Å². The maximum absolute atomic E-state index is 3.53. The highest BCUT2D eigenvalue weighted by Crippen LogP contribution is 2.13. The van der Waals surface area contributed by atoms with Crippen LogP contribution in [0.5, 0.6) is 0 Å². The van der Waals surface area contributed by atoms with Gasteiger partial charge in [-0.3, -0.25) is 0 Å². The minimum Gasteiger partial charge on any atom is -0.325 e. The van der Waals surface area contributed by atoms with Crippen molar-refractivity contribution in [2.45, 2.75) is 57.5 Å². The fourth-order valence-electron chi connectivity index (χ4n) is 2.71. The third-order valence-electron chi connectivity index (χ3n) is 3.89. The molecule has 0 unspecified atom stereocenters. The molecule has 20 heavy (non-hydrogen) atoms. The van der Waals surface area contributed by atoms with Gasteiger partial charge in [-0.25, -0.2) is 0 Å². The second-order valence-electron chi connectivity index (χ2n) is 6.53. The van der Waals surface area contributed by atoms with E-state index in [2.05, 4.69) is 54.7 Å². The largest absolute Gasteiger partial charge is 0.325 e. The molecule has 111 valence electrons. The topological polar surface area (TPSA) is 0 Å². The summed E-state index contributed by atoms with van der Waals surface area (Å²) in [4.78, 5) is 0. The number of hydrogen-bond donors (Lipinski definition) is 0. The molecule has 0 aliphatic carbocycles. The molecule has 1 nitrogen and oxygen atoms in total. The van der Waals surface area contributed by atoms with Crippen LogP contribution in [0.3, 0.4) is 0 Å². The van der Waals surface area contributed by atoms with Gasteiger partial charge in [0.25, 0.3) is 0 Å². The van der Waals surface area contributed by atoms with Gasteiger partial charge in [0.15, 0.2) is 0 Å². The average molecular weight is 290 g/mol. The van der Waals surface area contributed by atoms with Gasteiger partial charge in [-0.2, -0.15) is 0 Å². The summed E-state index contributed by atoms with van der Waals surface area (Å²) in [6.45, 7) is 2.43. The molecule has 2 heteroatoms. The van der Waals surface area contributed by atoms with Crippen LogP contribution in [-0.4, -0.2) is 35.4 Å². The summed E-state index contributed by atoms with van der Waals surface area (Å²) in [6.07, 6.45) is 9.71. The zero-order chi connectivity index (χ0) is 14.7. The molecule has 1 aromatic rings. The third kappa shape index (κ3) is 8.54. The van der Waals surface area contributed by atoms with Crippen molar-refractivity contribution < 1.29 is 4.48 Å². The molecule has 0 amide bonds. The van der Waals surface area contributed by atoms with Gasteiger partial charge in [0.2, 0.25) is 0 Å². The van der Waals surface area contributed by atoms with Crippen LogP contribution in [0, 0.1) is 0 Å². The minimum atomic E-state index is 1.10. The highest BCUT2D eigenvalue weighted by molar-refractivity contribution is 6.08. The predicted octanol–water partition coefficient (Wildman–Crippen LogP) is 4.58. The first-order valence-electron chi connectivity index (χ1n) is 8.14. The lowest BCUT2D eigenvalue weighted by Crippen LogP contribution is -2.39. The standard InChI is InChI=1S/C18H31NSi/c1-19(2,17-18-13-9-8-10-14-18)15-11-6-4-3-5-7-12-16-20/h8-10,13-14H,3-7,11-12,15-17H2,1-2H3/q+1. The number of benzene rings is 1. The van der Waals surface area contributed by atoms with Crippen molar-refractivity contribution in [2.24, 2.45) is 0 Å². The van der Waals surface area contributed by atoms with E-state index in [4.69, 9.17) is 0 Å². The quantitative estimate of drug-likeness (QED) is 0.318. The lowest BCUT2D eigenvalue weighted by Gasteiger charge is -2.30. The molecule has 0 aromatic heterocycles. The maximum atomic E-state index is 3.53. The van der Waals surface area contributed by atoms with E-state index in [1.165, 1.54) is 57.1 Å². The fourth-order valence-corrected chi connectivity index (χ4v) is 2.96. The highest BCUT2D eigenvalue weighted by atomic mass is 28.1. The molecule has 3 radical (unpaired) electrons. The first-order valence-corrected chi connectivity index (χ1v) is 8.85. The lowest BCUT2D eigenvalue weighted by molar-refractivity contribution is -0.903. The summed E-state index contributed by atoms with van der Waals surface area (Å²) < 4.78 is 1.10. The van der Waals surface area contributed by atoms with E-state index in [9.17, 15) is 0 Å². The molecule has 0 aliphatic heterocycles. The van der Waals surface area contributed by atoms with Crippen LogP contribution in [-0.2, 0) is 6.54 Å². The molecular weight excluding hydrogens is 258 g/mol. The van der Waals surface area contributed by atoms with Gasteiger partial charge >= 0.3 is 0 Å². The van der Waals surface area contributed by atoms with Crippen LogP contribution in [0.2, 0.25) is 6.04 Å². The lowest BCUT2D eigenvalue weighted by atomic mass is 10.1. The molecule has 0 aliphatic rings. The van der Waals surface area contributed by atoms with Gasteiger partial charge in [0, 0.05) is 15.8 Å². The Morgan fingerprint density at radius 2 is 1.35 bits per heavy atom. The van der Waals surface area contributed by atoms with Crippen LogP contribution in [0.1, 0.15) is 50.5 Å². The van der Waals surface area contributed by atoms with Crippen molar-refractivity contribution in [1.29, 1.82) is 0 Å². The van der Waals surface area contributed by atoms with E-state index in [1.807, 2.05) is 0 Å². The molecule has 0 saturated heterocycles. The summed E-state index contributed by atoms with van der Waals surface area (Å²) in [6, 6.07) is 12.0. The first kappa shape index (κ1) is 17.4. The second kappa shape index (κ2) is 10.2. The molecule has 0 fully saturated rings. The Kier molecular flexibility index (Phi) is 8.87. The van der Waals surface area contributed by atoms with Gasteiger partial charge in [-0.15, -0.1) is 0 Å². The summed E-state index contributed by atoms with van der Waals surface area (Å²) in [7, 11) is 8.23. The third-order valence-corrected chi connectivity index (χ3v) is 4.25. The van der Waals surface area contributed by atoms with Gasteiger partial charge in [-0.05, 0) is 12.8 Å². The first-order chi connectivity index (χ1) is 9.64. The van der Waals surface area contributed by atoms with E-state index in [1.54, 1.807) is 0 Å². The van der Waals surface area contributed by atoms with Crippen molar-refractivity contribution in [1.82, 2.24) is 0 Å². The number of nitrogens with zero attached hydrogens (tertiary/aromatic N) is 1. The summed E-state index contributed by atoms with van der Waals surface area (Å²) >= 11 is 0. The summed E-state index contributed by atoms with van der Waals surface area (Å²) in [5, 5.41) is 0. The molecule has 0 saturated carbocycles. The SMILES string of the molecule is C[N+](C)(CCCCCCCCC[Si])Cc1ccccc1. The smallest absolute Gasteiger partial charge is 0.104 e. The maximum Gasteiger partial charge on any atom is 0.104 e. The zero-order valence-corrected chi connectivity index (χ0v) is 14.4. The van der Waals surface area contributed by atoms with Crippen LogP contribution >= 0.6 is 0 Å². The number of hydrogen-bond acceptors (Lipinski definition) is 0. The summed E-state index contributed by atoms with van der Waals surface area (Å²) in [5.74, 6) is 0. The fraction of sp³-hybridized carbons (Fsp3) is 0.667.